The molecule has 0 fully saturated rings. The van der Waals surface area contributed by atoms with E-state index in [0.29, 0.717) is 18.7 Å². The molecule has 1 heterocycles. The first kappa shape index (κ1) is 16.0. The Hall–Kier alpha value is -1.92. The predicted octanol–water partition coefficient (Wildman–Crippen LogP) is 2.98. The maximum Gasteiger partial charge on any atom is 0.240 e. The van der Waals surface area contributed by atoms with E-state index < -0.39 is 15.8 Å². The molecule has 4 nitrogen and oxygen atoms in total. The van der Waals surface area contributed by atoms with Crippen molar-refractivity contribution in [1.29, 1.82) is 0 Å². The Kier molecular flexibility index (Phi) is 4.37. The monoisotopic (exact) mass is 335 g/mol. The Bertz CT molecular complexity index is 820. The Balaban J connectivity index is 1.78. The highest BCUT2D eigenvalue weighted by atomic mass is 32.2. The zero-order chi connectivity index (χ0) is 16.4. The molecule has 0 saturated heterocycles. The number of aryl methyl sites for hydroxylation is 1. The van der Waals surface area contributed by atoms with Gasteiger partial charge in [0.15, 0.2) is 0 Å². The lowest BCUT2D eigenvalue weighted by Gasteiger charge is -2.26. The summed E-state index contributed by atoms with van der Waals surface area (Å²) in [7, 11) is -3.67. The van der Waals surface area contributed by atoms with Crippen LogP contribution in [0.25, 0.3) is 0 Å². The van der Waals surface area contributed by atoms with E-state index in [9.17, 15) is 12.8 Å². The van der Waals surface area contributed by atoms with Gasteiger partial charge in [0.05, 0.1) is 11.5 Å². The summed E-state index contributed by atoms with van der Waals surface area (Å²) in [6.45, 7) is 2.44. The molecule has 0 aromatic heterocycles. The van der Waals surface area contributed by atoms with Gasteiger partial charge in [0.1, 0.15) is 11.6 Å². The van der Waals surface area contributed by atoms with Gasteiger partial charge < -0.3 is 4.74 Å². The Morgan fingerprint density at radius 1 is 1.26 bits per heavy atom. The third-order valence-corrected chi connectivity index (χ3v) is 5.61. The zero-order valence-electron chi connectivity index (χ0n) is 12.8. The largest absolute Gasteiger partial charge is 0.493 e. The Morgan fingerprint density at radius 2 is 2.04 bits per heavy atom. The van der Waals surface area contributed by atoms with E-state index in [-0.39, 0.29) is 10.8 Å². The fraction of sp³-hybridized carbons (Fsp3) is 0.294. The zero-order valence-corrected chi connectivity index (χ0v) is 13.6. The van der Waals surface area contributed by atoms with Crippen molar-refractivity contribution < 1.29 is 17.5 Å². The number of fused-ring (bicyclic) bond motifs is 1. The van der Waals surface area contributed by atoms with E-state index in [0.717, 1.165) is 23.8 Å². The maximum absolute atomic E-state index is 13.1. The maximum atomic E-state index is 13.1. The first-order valence-corrected chi connectivity index (χ1v) is 8.93. The van der Waals surface area contributed by atoms with Gasteiger partial charge in [0.25, 0.3) is 0 Å². The quantitative estimate of drug-likeness (QED) is 0.934. The summed E-state index contributed by atoms with van der Waals surface area (Å²) >= 11 is 0. The summed E-state index contributed by atoms with van der Waals surface area (Å²) in [4.78, 5) is 0.110. The smallest absolute Gasteiger partial charge is 0.240 e. The van der Waals surface area contributed by atoms with Crippen molar-refractivity contribution in [3.05, 3.63) is 59.4 Å². The van der Waals surface area contributed by atoms with E-state index in [1.54, 1.807) is 6.92 Å². The van der Waals surface area contributed by atoms with Crippen LogP contribution in [-0.2, 0) is 10.0 Å². The fourth-order valence-electron chi connectivity index (χ4n) is 2.83. The highest BCUT2D eigenvalue weighted by molar-refractivity contribution is 7.89. The van der Waals surface area contributed by atoms with Crippen LogP contribution < -0.4 is 9.46 Å². The van der Waals surface area contributed by atoms with Gasteiger partial charge in [-0.3, -0.25) is 0 Å². The molecule has 1 N–H and O–H groups in total. The van der Waals surface area contributed by atoms with Crippen molar-refractivity contribution in [2.45, 2.75) is 24.2 Å². The number of halogens is 1. The van der Waals surface area contributed by atoms with E-state index in [2.05, 4.69) is 4.72 Å². The van der Waals surface area contributed by atoms with Gasteiger partial charge in [-0.2, -0.15) is 0 Å². The molecule has 0 spiro atoms. The lowest BCUT2D eigenvalue weighted by atomic mass is 9.93. The topological polar surface area (TPSA) is 55.4 Å². The van der Waals surface area contributed by atoms with Crippen molar-refractivity contribution in [2.75, 3.05) is 13.2 Å². The number of hydrogen-bond acceptors (Lipinski definition) is 3. The normalized spacial score (nSPS) is 17.4. The molecule has 1 aliphatic heterocycles. The van der Waals surface area contributed by atoms with Crippen LogP contribution in [0, 0.1) is 12.7 Å². The van der Waals surface area contributed by atoms with Gasteiger partial charge in [-0.1, -0.05) is 18.2 Å². The Morgan fingerprint density at radius 3 is 2.83 bits per heavy atom. The average molecular weight is 335 g/mol. The van der Waals surface area contributed by atoms with E-state index in [4.69, 9.17) is 4.74 Å². The number of para-hydroxylation sites is 1. The molecule has 6 heteroatoms. The molecule has 0 radical (unpaired) electrons. The number of nitrogens with one attached hydrogen (secondary N) is 1. The highest BCUT2D eigenvalue weighted by Crippen LogP contribution is 2.33. The summed E-state index contributed by atoms with van der Waals surface area (Å²) in [5, 5.41) is 0. The van der Waals surface area contributed by atoms with Crippen LogP contribution in [-0.4, -0.2) is 21.6 Å². The van der Waals surface area contributed by atoms with Gasteiger partial charge in [-0.25, -0.2) is 17.5 Å². The average Bonchev–Trinajstić information content (AvgIpc) is 2.52. The van der Waals surface area contributed by atoms with E-state index >= 15 is 0 Å². The Labute approximate surface area is 135 Å². The second-order valence-electron chi connectivity index (χ2n) is 5.63. The number of sulfonamides is 1. The second kappa shape index (κ2) is 6.29. The third kappa shape index (κ3) is 3.38. The molecule has 0 amide bonds. The molecule has 1 unspecified atom stereocenters. The number of hydrogen-bond donors (Lipinski definition) is 1. The molecular weight excluding hydrogens is 317 g/mol. The first-order valence-electron chi connectivity index (χ1n) is 7.45. The minimum atomic E-state index is -3.67. The van der Waals surface area contributed by atoms with Crippen LogP contribution in [0.2, 0.25) is 0 Å². The van der Waals surface area contributed by atoms with Crippen molar-refractivity contribution in [3.8, 4) is 5.75 Å². The predicted molar refractivity (Wildman–Crippen MR) is 85.6 cm³/mol. The van der Waals surface area contributed by atoms with Gasteiger partial charge in [-0.05, 0) is 48.7 Å². The van der Waals surface area contributed by atoms with Gasteiger partial charge >= 0.3 is 0 Å². The summed E-state index contributed by atoms with van der Waals surface area (Å²) in [6.07, 6.45) is 0.752. The molecule has 2 aromatic carbocycles. The molecule has 2 aromatic rings. The lowest BCUT2D eigenvalue weighted by Crippen LogP contribution is -2.31. The summed E-state index contributed by atoms with van der Waals surface area (Å²) in [5.41, 5.74) is 1.40. The third-order valence-electron chi connectivity index (χ3n) is 4.03. The molecule has 0 aliphatic carbocycles. The molecule has 0 saturated carbocycles. The van der Waals surface area contributed by atoms with Gasteiger partial charge in [-0.15, -0.1) is 0 Å². The van der Waals surface area contributed by atoms with Crippen LogP contribution in [0.15, 0.2) is 47.4 Å². The first-order chi connectivity index (χ1) is 11.0. The number of benzene rings is 2. The van der Waals surface area contributed by atoms with E-state index in [1.165, 1.54) is 12.1 Å². The van der Waals surface area contributed by atoms with Crippen molar-refractivity contribution in [2.24, 2.45) is 0 Å². The summed E-state index contributed by atoms with van der Waals surface area (Å²) in [5.74, 6) is 0.427. The van der Waals surface area contributed by atoms with Crippen molar-refractivity contribution in [1.82, 2.24) is 4.72 Å². The van der Waals surface area contributed by atoms with Crippen LogP contribution in [0.1, 0.15) is 23.5 Å². The standard InChI is InChI=1S/C17H18FNO3S/c1-12-10-14(18)6-7-17(12)23(20,21)19-11-13-8-9-22-16-5-3-2-4-15(13)16/h2-7,10,13,19H,8-9,11H2,1H3. The molecular formula is C17H18FNO3S. The number of rotatable bonds is 4. The molecule has 122 valence electrons. The van der Waals surface area contributed by atoms with Gasteiger partial charge in [0.2, 0.25) is 10.0 Å². The number of ether oxygens (including phenoxy) is 1. The highest BCUT2D eigenvalue weighted by Gasteiger charge is 2.24. The van der Waals surface area contributed by atoms with E-state index in [1.807, 2.05) is 24.3 Å². The SMILES string of the molecule is Cc1cc(F)ccc1S(=O)(=O)NCC1CCOc2ccccc21. The molecule has 0 bridgehead atoms. The molecule has 3 rings (SSSR count). The van der Waals surface area contributed by atoms with Crippen molar-refractivity contribution >= 4 is 10.0 Å². The van der Waals surface area contributed by atoms with Crippen LogP contribution in [0.3, 0.4) is 0 Å². The van der Waals surface area contributed by atoms with Crippen LogP contribution >= 0.6 is 0 Å². The minimum absolute atomic E-state index is 0.0653. The fourth-order valence-corrected chi connectivity index (χ4v) is 4.14. The van der Waals surface area contributed by atoms with Gasteiger partial charge in [0, 0.05) is 12.5 Å². The minimum Gasteiger partial charge on any atom is -0.493 e. The lowest BCUT2D eigenvalue weighted by molar-refractivity contribution is 0.267. The van der Waals surface area contributed by atoms with Crippen LogP contribution in [0.5, 0.6) is 5.75 Å². The molecule has 23 heavy (non-hydrogen) atoms. The summed E-state index contributed by atoms with van der Waals surface area (Å²) in [6, 6.07) is 11.3. The summed E-state index contributed by atoms with van der Waals surface area (Å²) < 4.78 is 46.3. The second-order valence-corrected chi connectivity index (χ2v) is 7.37. The molecule has 1 atom stereocenters. The van der Waals surface area contributed by atoms with Crippen LogP contribution in [0.4, 0.5) is 4.39 Å². The van der Waals surface area contributed by atoms with Crippen molar-refractivity contribution in [3.63, 3.8) is 0 Å². The molecule has 1 aliphatic rings.